The van der Waals surface area contributed by atoms with Crippen LogP contribution in [0.25, 0.3) is 0 Å². The molecule has 23 heavy (non-hydrogen) atoms. The summed E-state index contributed by atoms with van der Waals surface area (Å²) in [7, 11) is -4.25. The normalized spacial score (nSPS) is 11.6. The second kappa shape index (κ2) is 8.73. The highest BCUT2D eigenvalue weighted by molar-refractivity contribution is 7.51. The lowest BCUT2D eigenvalue weighted by atomic mass is 10.2. The molecule has 0 aliphatic carbocycles. The summed E-state index contributed by atoms with van der Waals surface area (Å²) in [6.45, 7) is 0.547. The summed E-state index contributed by atoms with van der Waals surface area (Å²) < 4.78 is 11.2. The van der Waals surface area contributed by atoms with Crippen LogP contribution in [0, 0.1) is 10.1 Å². The Kier molecular flexibility index (Phi) is 7.31. The number of nitro groups is 1. The van der Waals surface area contributed by atoms with Crippen LogP contribution in [-0.4, -0.2) is 43.5 Å². The predicted octanol–water partition coefficient (Wildman–Crippen LogP) is 1.79. The third-order valence-corrected chi connectivity index (χ3v) is 3.82. The molecule has 0 aromatic heterocycles. The number of hydrogen-bond donors (Lipinski definition) is 3. The summed E-state index contributed by atoms with van der Waals surface area (Å²) in [6, 6.07) is 5.72. The Morgan fingerprint density at radius 1 is 1.22 bits per heavy atom. The Hall–Kier alpha value is -1.80. The van der Waals surface area contributed by atoms with E-state index in [2.05, 4.69) is 0 Å². The van der Waals surface area contributed by atoms with Gasteiger partial charge in [-0.2, -0.15) is 0 Å². The van der Waals surface area contributed by atoms with E-state index in [-0.39, 0.29) is 18.7 Å². The fraction of sp³-hybridized carbons (Fsp3) is 0.462. The largest absolute Gasteiger partial charge is 0.481 e. The van der Waals surface area contributed by atoms with Gasteiger partial charge in [0.15, 0.2) is 0 Å². The van der Waals surface area contributed by atoms with E-state index in [9.17, 15) is 19.5 Å². The summed E-state index contributed by atoms with van der Waals surface area (Å²) in [5.41, 5.74) is 0.624. The minimum Gasteiger partial charge on any atom is -0.481 e. The molecule has 1 rings (SSSR count). The summed E-state index contributed by atoms with van der Waals surface area (Å²) in [5, 5.41) is 19.2. The zero-order chi connectivity index (χ0) is 17.5. The molecule has 0 saturated carbocycles. The minimum absolute atomic E-state index is 0.00127. The van der Waals surface area contributed by atoms with Gasteiger partial charge in [-0.3, -0.25) is 24.4 Å². The summed E-state index contributed by atoms with van der Waals surface area (Å²) in [5.74, 6) is -0.915. The topological polar surface area (TPSA) is 141 Å². The highest BCUT2D eigenvalue weighted by Crippen LogP contribution is 2.35. The van der Waals surface area contributed by atoms with Crippen LogP contribution in [0.2, 0.25) is 0 Å². The van der Waals surface area contributed by atoms with Crippen LogP contribution < -0.4 is 0 Å². The molecule has 3 N–H and O–H groups in total. The first-order valence-electron chi connectivity index (χ1n) is 6.89. The number of nitro benzene ring substituents is 1. The molecule has 0 unspecified atom stereocenters. The van der Waals surface area contributed by atoms with E-state index in [1.807, 2.05) is 0 Å². The first-order chi connectivity index (χ1) is 10.7. The van der Waals surface area contributed by atoms with E-state index in [0.717, 1.165) is 0 Å². The number of benzene rings is 1. The molecular formula is C13H19N2O7P. The van der Waals surface area contributed by atoms with Crippen molar-refractivity contribution in [3.63, 3.8) is 0 Å². The van der Waals surface area contributed by atoms with Crippen LogP contribution in [-0.2, 0) is 15.9 Å². The summed E-state index contributed by atoms with van der Waals surface area (Å²) in [4.78, 5) is 40.3. The van der Waals surface area contributed by atoms with Gasteiger partial charge in [0, 0.05) is 25.1 Å². The van der Waals surface area contributed by atoms with Crippen molar-refractivity contribution < 1.29 is 29.2 Å². The van der Waals surface area contributed by atoms with Crippen LogP contribution in [0.15, 0.2) is 24.3 Å². The number of carbonyl (C=O) groups is 1. The van der Waals surface area contributed by atoms with Crippen LogP contribution in [0.4, 0.5) is 5.69 Å². The second-order valence-electron chi connectivity index (χ2n) is 5.13. The predicted molar refractivity (Wildman–Crippen MR) is 81.9 cm³/mol. The van der Waals surface area contributed by atoms with Crippen molar-refractivity contribution in [3.8, 4) is 0 Å². The molecule has 9 nitrogen and oxygen atoms in total. The van der Waals surface area contributed by atoms with Crippen molar-refractivity contribution in [3.05, 3.63) is 39.9 Å². The van der Waals surface area contributed by atoms with Crippen LogP contribution in [0.1, 0.15) is 24.8 Å². The molecule has 0 amide bonds. The Labute approximate surface area is 132 Å². The SMILES string of the molecule is O=C(O)CCCCN(Cc1ccc([N+](=O)[O-])cc1)CP(=O)(O)O. The maximum Gasteiger partial charge on any atom is 0.339 e. The number of rotatable bonds is 10. The standard InChI is InChI=1S/C13H19N2O7P/c16-13(17)3-1-2-8-14(10-23(20,21)22)9-11-4-6-12(7-5-11)15(18)19/h4-7H,1-3,8-10H2,(H,16,17)(H2,20,21,22). The van der Waals surface area contributed by atoms with Crippen LogP contribution >= 0.6 is 7.60 Å². The quantitative estimate of drug-likeness (QED) is 0.252. The first-order valence-corrected chi connectivity index (χ1v) is 8.69. The fourth-order valence-corrected chi connectivity index (χ4v) is 2.82. The molecule has 1 aromatic rings. The van der Waals surface area contributed by atoms with E-state index in [1.165, 1.54) is 29.2 Å². The molecule has 10 heteroatoms. The average Bonchev–Trinajstić information content (AvgIpc) is 2.42. The fourth-order valence-electron chi connectivity index (χ4n) is 2.05. The third-order valence-electron chi connectivity index (χ3n) is 3.05. The molecule has 128 valence electrons. The van der Waals surface area contributed by atoms with Crippen molar-refractivity contribution in [2.75, 3.05) is 12.8 Å². The number of non-ortho nitro benzene ring substituents is 1. The van der Waals surface area contributed by atoms with Gasteiger partial charge in [0.25, 0.3) is 5.69 Å². The van der Waals surface area contributed by atoms with Gasteiger partial charge in [-0.1, -0.05) is 12.1 Å². The zero-order valence-corrected chi connectivity index (χ0v) is 13.3. The molecule has 0 bridgehead atoms. The number of carboxylic acids is 1. The molecule has 1 aromatic carbocycles. The van der Waals surface area contributed by atoms with Gasteiger partial charge < -0.3 is 14.9 Å². The second-order valence-corrected chi connectivity index (χ2v) is 6.75. The highest BCUT2D eigenvalue weighted by atomic mass is 31.2. The molecule has 0 aliphatic rings. The Morgan fingerprint density at radius 3 is 2.30 bits per heavy atom. The van der Waals surface area contributed by atoms with E-state index < -0.39 is 24.8 Å². The lowest BCUT2D eigenvalue weighted by Gasteiger charge is -2.22. The number of hydrogen-bond acceptors (Lipinski definition) is 5. The van der Waals surface area contributed by atoms with Gasteiger partial charge in [-0.25, -0.2) is 0 Å². The van der Waals surface area contributed by atoms with Crippen LogP contribution in [0.5, 0.6) is 0 Å². The third kappa shape index (κ3) is 8.41. The summed E-state index contributed by atoms with van der Waals surface area (Å²) in [6.07, 6.45) is 0.449. The number of nitrogens with zero attached hydrogens (tertiary/aromatic N) is 2. The Morgan fingerprint density at radius 2 is 1.83 bits per heavy atom. The van der Waals surface area contributed by atoms with E-state index in [0.29, 0.717) is 24.9 Å². The summed E-state index contributed by atoms with van der Waals surface area (Å²) >= 11 is 0. The van der Waals surface area contributed by atoms with Crippen molar-refractivity contribution in [2.24, 2.45) is 0 Å². The maximum atomic E-state index is 11.2. The van der Waals surface area contributed by atoms with E-state index in [1.54, 1.807) is 0 Å². The molecule has 0 aliphatic heterocycles. The van der Waals surface area contributed by atoms with Crippen molar-refractivity contribution in [2.45, 2.75) is 25.8 Å². The van der Waals surface area contributed by atoms with Crippen molar-refractivity contribution in [1.82, 2.24) is 4.90 Å². The number of carboxylic acid groups (broad SMARTS) is 1. The van der Waals surface area contributed by atoms with Gasteiger partial charge >= 0.3 is 13.6 Å². The molecule has 0 fully saturated rings. The van der Waals surface area contributed by atoms with Gasteiger partial charge in [0.1, 0.15) is 6.29 Å². The molecule has 0 radical (unpaired) electrons. The average molecular weight is 346 g/mol. The van der Waals surface area contributed by atoms with Crippen LogP contribution in [0.3, 0.4) is 0 Å². The van der Waals surface area contributed by atoms with Gasteiger partial charge in [0.05, 0.1) is 4.92 Å². The smallest absolute Gasteiger partial charge is 0.339 e. The Bertz CT molecular complexity index is 584. The molecule has 0 heterocycles. The highest BCUT2D eigenvalue weighted by Gasteiger charge is 2.19. The van der Waals surface area contributed by atoms with Crippen molar-refractivity contribution in [1.29, 1.82) is 0 Å². The van der Waals surface area contributed by atoms with E-state index in [4.69, 9.17) is 14.9 Å². The minimum atomic E-state index is -4.25. The zero-order valence-electron chi connectivity index (χ0n) is 12.4. The number of aliphatic carboxylic acids is 1. The van der Waals surface area contributed by atoms with Crippen molar-refractivity contribution >= 4 is 19.3 Å². The van der Waals surface area contributed by atoms with Gasteiger partial charge in [0.2, 0.25) is 0 Å². The molecule has 0 spiro atoms. The monoisotopic (exact) mass is 346 g/mol. The van der Waals surface area contributed by atoms with Gasteiger partial charge in [-0.05, 0) is 24.9 Å². The van der Waals surface area contributed by atoms with E-state index >= 15 is 0 Å². The number of unbranched alkanes of at least 4 members (excludes halogenated alkanes) is 1. The maximum absolute atomic E-state index is 11.2. The molecule has 0 saturated heterocycles. The Balaban J connectivity index is 2.65. The molecular weight excluding hydrogens is 327 g/mol. The van der Waals surface area contributed by atoms with Gasteiger partial charge in [-0.15, -0.1) is 0 Å². The first kappa shape index (κ1) is 19.2. The lowest BCUT2D eigenvalue weighted by Crippen LogP contribution is -2.25. The molecule has 0 atom stereocenters. The lowest BCUT2D eigenvalue weighted by molar-refractivity contribution is -0.384.